The van der Waals surface area contributed by atoms with Crippen LogP contribution < -0.4 is 19.5 Å². The van der Waals surface area contributed by atoms with Crippen LogP contribution in [0.1, 0.15) is 88.8 Å². The Hall–Kier alpha value is -4.04. The molecule has 2 aliphatic heterocycles. The molecule has 4 aliphatic rings. The van der Waals surface area contributed by atoms with Crippen molar-refractivity contribution < 1.29 is 32.3 Å². The number of hydrogen-bond donors (Lipinski definition) is 2. The van der Waals surface area contributed by atoms with E-state index in [1.54, 1.807) is 12.0 Å². The van der Waals surface area contributed by atoms with Crippen molar-refractivity contribution in [2.45, 2.75) is 107 Å². The molecule has 4 atom stereocenters. The van der Waals surface area contributed by atoms with E-state index in [2.05, 4.69) is 23.9 Å². The van der Waals surface area contributed by atoms with Crippen LogP contribution in [0.5, 0.6) is 11.5 Å². The van der Waals surface area contributed by atoms with Crippen LogP contribution in [0.2, 0.25) is 0 Å². The molecule has 0 spiro atoms. The highest BCUT2D eigenvalue weighted by Gasteiger charge is 2.62. The van der Waals surface area contributed by atoms with Crippen molar-refractivity contribution in [2.75, 3.05) is 13.7 Å². The number of fused-ring (bicyclic) bond motifs is 3. The zero-order valence-corrected chi connectivity index (χ0v) is 31.1. The van der Waals surface area contributed by atoms with E-state index >= 15 is 0 Å². The van der Waals surface area contributed by atoms with Crippen LogP contribution >= 0.6 is 11.3 Å². The molecule has 0 bridgehead atoms. The Balaban J connectivity index is 1.19. The number of thiazole rings is 1. The second-order valence-corrected chi connectivity index (χ2v) is 17.4. The number of nitrogens with zero attached hydrogens (tertiary/aromatic N) is 3. The smallest absolute Gasteiger partial charge is 0.259 e. The van der Waals surface area contributed by atoms with Crippen LogP contribution in [0.25, 0.3) is 21.6 Å². The summed E-state index contributed by atoms with van der Waals surface area (Å²) in [7, 11) is -2.21. The van der Waals surface area contributed by atoms with Crippen LogP contribution in [-0.4, -0.2) is 77.6 Å². The summed E-state index contributed by atoms with van der Waals surface area (Å²) in [5.74, 6) is -0.217. The van der Waals surface area contributed by atoms with Crippen molar-refractivity contribution in [3.8, 4) is 22.2 Å². The second kappa shape index (κ2) is 13.8. The summed E-state index contributed by atoms with van der Waals surface area (Å²) in [6.45, 7) is 6.30. The van der Waals surface area contributed by atoms with Crippen LogP contribution in [0.3, 0.4) is 0 Å². The van der Waals surface area contributed by atoms with E-state index in [1.165, 1.54) is 11.3 Å². The first-order valence-electron chi connectivity index (χ1n) is 17.8. The number of methoxy groups -OCH3 is 1. The molecule has 14 heteroatoms. The number of amides is 3. The quantitative estimate of drug-likeness (QED) is 0.299. The van der Waals surface area contributed by atoms with E-state index in [9.17, 15) is 22.8 Å². The summed E-state index contributed by atoms with van der Waals surface area (Å²) >= 11 is 1.51. The first-order chi connectivity index (χ1) is 24.4. The van der Waals surface area contributed by atoms with Crippen molar-refractivity contribution in [3.63, 3.8) is 0 Å². The van der Waals surface area contributed by atoms with Crippen LogP contribution in [0, 0.1) is 12.8 Å². The Morgan fingerprint density at radius 3 is 2.67 bits per heavy atom. The van der Waals surface area contributed by atoms with Crippen LogP contribution in [0.15, 0.2) is 35.7 Å². The van der Waals surface area contributed by atoms with Crippen molar-refractivity contribution in [2.24, 2.45) is 5.92 Å². The Morgan fingerprint density at radius 1 is 1.14 bits per heavy atom. The number of aryl methyl sites for hydroxylation is 1. The number of pyridine rings is 1. The Kier molecular flexibility index (Phi) is 9.59. The third-order valence-corrected chi connectivity index (χ3v) is 13.2. The van der Waals surface area contributed by atoms with Crippen molar-refractivity contribution in [1.82, 2.24) is 24.9 Å². The predicted molar refractivity (Wildman–Crippen MR) is 194 cm³/mol. The van der Waals surface area contributed by atoms with Gasteiger partial charge in [0.05, 0.1) is 30.1 Å². The normalized spacial score (nSPS) is 26.2. The predicted octanol–water partition coefficient (Wildman–Crippen LogP) is 5.15. The van der Waals surface area contributed by atoms with Gasteiger partial charge < -0.3 is 19.7 Å². The van der Waals surface area contributed by atoms with Crippen LogP contribution in [-0.2, 0) is 24.4 Å². The van der Waals surface area contributed by atoms with Gasteiger partial charge in [0, 0.05) is 41.2 Å². The molecule has 272 valence electrons. The zero-order chi connectivity index (χ0) is 36.1. The molecule has 4 unspecified atom stereocenters. The fourth-order valence-corrected chi connectivity index (χ4v) is 9.45. The standard InChI is InChI=1S/C37H45N5O7S2/c1-21(2)28-20-50-35(39-28)27-17-31(26-14-15-30(48-4)22(3)33(26)38-27)49-24-16-29-34(44)40-37(36(45)41-51(46,47)25-12-13-25)18-23(37)10-8-6-5-7-9-11-32(43)42(29)19-24/h8,10,14-15,17,20-21,23-25,29H,5-7,9,11-13,16,18-19H2,1-4H3,(H,40,44)(H,41,45)/b10-8-. The molecular weight excluding hydrogens is 691 g/mol. The van der Waals surface area contributed by atoms with E-state index in [4.69, 9.17) is 19.4 Å². The fraction of sp³-hybridized carbons (Fsp3) is 0.541. The topological polar surface area (TPSA) is 157 Å². The minimum Gasteiger partial charge on any atom is -0.496 e. The number of carbonyl (C=O) groups is 3. The molecule has 1 aromatic carbocycles. The highest BCUT2D eigenvalue weighted by atomic mass is 32.2. The monoisotopic (exact) mass is 735 g/mol. The maximum Gasteiger partial charge on any atom is 0.259 e. The van der Waals surface area contributed by atoms with E-state index in [-0.39, 0.29) is 43.6 Å². The average molecular weight is 736 g/mol. The minimum atomic E-state index is -3.82. The average Bonchev–Trinajstić information content (AvgIpc) is 3.97. The summed E-state index contributed by atoms with van der Waals surface area (Å²) in [5.41, 5.74) is 1.78. The Bertz CT molecular complexity index is 2010. The van der Waals surface area contributed by atoms with Gasteiger partial charge in [-0.15, -0.1) is 11.3 Å². The van der Waals surface area contributed by atoms with E-state index in [1.807, 2.05) is 42.7 Å². The lowest BCUT2D eigenvalue weighted by molar-refractivity contribution is -0.139. The molecule has 51 heavy (non-hydrogen) atoms. The molecule has 7 rings (SSSR count). The van der Waals surface area contributed by atoms with Crippen molar-refractivity contribution >= 4 is 50.0 Å². The van der Waals surface area contributed by atoms with Crippen molar-refractivity contribution in [3.05, 3.63) is 47.0 Å². The maximum atomic E-state index is 14.1. The van der Waals surface area contributed by atoms with Gasteiger partial charge in [0.25, 0.3) is 5.91 Å². The lowest BCUT2D eigenvalue weighted by atomic mass is 10.1. The first kappa shape index (κ1) is 35.4. The number of carbonyl (C=O) groups excluding carboxylic acids is 3. The highest BCUT2D eigenvalue weighted by molar-refractivity contribution is 7.91. The molecule has 1 saturated heterocycles. The van der Waals surface area contributed by atoms with Gasteiger partial charge in [-0.25, -0.2) is 18.4 Å². The summed E-state index contributed by atoms with van der Waals surface area (Å²) in [5, 5.41) is 5.90. The summed E-state index contributed by atoms with van der Waals surface area (Å²) in [6, 6.07) is 4.74. The first-order valence-corrected chi connectivity index (χ1v) is 20.3. The number of sulfonamides is 1. The molecule has 2 aliphatic carbocycles. The zero-order valence-electron chi connectivity index (χ0n) is 29.4. The van der Waals surface area contributed by atoms with Gasteiger partial charge >= 0.3 is 0 Å². The molecule has 2 saturated carbocycles. The van der Waals surface area contributed by atoms with Gasteiger partial charge in [0.1, 0.15) is 39.9 Å². The summed E-state index contributed by atoms with van der Waals surface area (Å²) < 4.78 is 40.1. The number of aromatic nitrogens is 2. The number of benzene rings is 1. The summed E-state index contributed by atoms with van der Waals surface area (Å²) in [4.78, 5) is 52.8. The van der Waals surface area contributed by atoms with Gasteiger partial charge in [0.2, 0.25) is 21.8 Å². The van der Waals surface area contributed by atoms with Gasteiger partial charge in [-0.3, -0.25) is 19.1 Å². The highest BCUT2D eigenvalue weighted by Crippen LogP contribution is 2.46. The number of hydrogen-bond acceptors (Lipinski definition) is 10. The van der Waals surface area contributed by atoms with E-state index < -0.39 is 44.8 Å². The number of nitrogens with one attached hydrogen (secondary N) is 2. The third-order valence-electron chi connectivity index (χ3n) is 10.5. The Morgan fingerprint density at radius 2 is 1.94 bits per heavy atom. The van der Waals surface area contributed by atoms with Gasteiger partial charge in [-0.2, -0.15) is 0 Å². The molecular formula is C37H45N5O7S2. The molecule has 3 fully saturated rings. The molecule has 3 aromatic rings. The fourth-order valence-electron chi connectivity index (χ4n) is 7.15. The molecule has 0 radical (unpaired) electrons. The van der Waals surface area contributed by atoms with E-state index in [0.29, 0.717) is 42.0 Å². The SMILES string of the molecule is COc1ccc2c(OC3CC4C(=O)NC5(C(=O)NS(=O)(=O)C6CC6)CC5/C=C\CCCCCC(=O)N4C3)cc(-c3nc(C(C)C)cs3)nc2c1C. The second-order valence-electron chi connectivity index (χ2n) is 14.5. The summed E-state index contributed by atoms with van der Waals surface area (Å²) in [6.07, 6.45) is 8.34. The lowest BCUT2D eigenvalue weighted by Crippen LogP contribution is -2.56. The third kappa shape index (κ3) is 7.09. The van der Waals surface area contributed by atoms with Crippen LogP contribution in [0.4, 0.5) is 0 Å². The largest absolute Gasteiger partial charge is 0.496 e. The molecule has 2 N–H and O–H groups in total. The van der Waals surface area contributed by atoms with E-state index in [0.717, 1.165) is 40.9 Å². The molecule has 2 aromatic heterocycles. The number of allylic oxidation sites excluding steroid dienone is 1. The van der Waals surface area contributed by atoms with Gasteiger partial charge in [0.15, 0.2) is 0 Å². The lowest BCUT2D eigenvalue weighted by Gasteiger charge is -2.26. The number of ether oxygens (including phenoxy) is 2. The maximum absolute atomic E-state index is 14.1. The molecule has 3 amide bonds. The van der Waals surface area contributed by atoms with Crippen molar-refractivity contribution in [1.29, 1.82) is 0 Å². The minimum absolute atomic E-state index is 0.152. The molecule has 4 heterocycles. The van der Waals surface area contributed by atoms with Gasteiger partial charge in [-0.1, -0.05) is 32.4 Å². The number of rotatable bonds is 8. The van der Waals surface area contributed by atoms with Gasteiger partial charge in [-0.05, 0) is 63.5 Å². The molecule has 12 nitrogen and oxygen atoms in total. The Labute approximate surface area is 302 Å².